The van der Waals surface area contributed by atoms with Gasteiger partial charge in [-0.2, -0.15) is 0 Å². The van der Waals surface area contributed by atoms with Gasteiger partial charge in [-0.1, -0.05) is 30.4 Å². The highest BCUT2D eigenvalue weighted by atomic mass is 32.7. The molecule has 10 atom stereocenters. The van der Waals surface area contributed by atoms with Gasteiger partial charge in [0.2, 0.25) is 0 Å². The molecule has 3 fully saturated rings. The molecule has 5 aliphatic heterocycles. The quantitative estimate of drug-likeness (QED) is 0.140. The fraction of sp³-hybridized carbons (Fsp3) is 0.387. The number of hydrogen-bond donors (Lipinski definition) is 2. The zero-order chi connectivity index (χ0) is 38.8. The van der Waals surface area contributed by atoms with Crippen molar-refractivity contribution in [3.05, 3.63) is 73.4 Å². The van der Waals surface area contributed by atoms with Crippen molar-refractivity contribution in [3.8, 4) is 0 Å². The Hall–Kier alpha value is -3.86. The highest BCUT2D eigenvalue weighted by Crippen LogP contribution is 2.55. The number of nitrogens with one attached hydrogen (secondary N) is 1. The van der Waals surface area contributed by atoms with Gasteiger partial charge in [0.25, 0.3) is 5.91 Å². The van der Waals surface area contributed by atoms with Crippen molar-refractivity contribution in [2.75, 3.05) is 36.5 Å². The minimum Gasteiger partial charge on any atom is -0.660 e. The molecule has 5 aromatic rings. The Bertz CT molecular complexity index is 2430. The second kappa shape index (κ2) is 14.8. The van der Waals surface area contributed by atoms with Crippen molar-refractivity contribution < 1.29 is 50.6 Å². The topological polar surface area (TPSA) is 212 Å². The van der Waals surface area contributed by atoms with Gasteiger partial charge in [-0.25, -0.2) is 38.7 Å². The standard InChI is InChI=1S/C31H30F2N10O9P2S2/c32-19-23-17-10-47-54(46,56)52-24-18(11-48-53(45,55)51-23)50-31(20(24)33)43-15-40-22-27(37-13-38-28(22)43)41(29(44)16-6-2-1-3-7-16)9-5-4-8-34-25-21-26(36-12-35-25)42(14-39-21)30(19)49-17/h1-7,12-15,17-20,23-24,30-31H,8-11H2,(H,45,55)(H,46,56)(H,34,35,36)/p-1/b5-4-/t17-,18-,19-,20-,23-,24-,30-,31-,53?,54?/m1/s1. The molecule has 4 aromatic heterocycles. The van der Waals surface area contributed by atoms with Crippen LogP contribution in [0.1, 0.15) is 22.8 Å². The molecule has 3 saturated heterocycles. The molecule has 2 unspecified atom stereocenters. The summed E-state index contributed by atoms with van der Waals surface area (Å²) >= 11 is 10.4. The molecular formula is C31H29F2N10O9P2S2-. The summed E-state index contributed by atoms with van der Waals surface area (Å²) in [6, 6.07) is 8.52. The number of ether oxygens (including phenoxy) is 2. The maximum Gasteiger partial charge on any atom is 0.325 e. The van der Waals surface area contributed by atoms with Gasteiger partial charge in [0, 0.05) is 18.7 Å². The van der Waals surface area contributed by atoms with Crippen LogP contribution in [0.3, 0.4) is 0 Å². The van der Waals surface area contributed by atoms with Crippen molar-refractivity contribution in [2.24, 2.45) is 0 Å². The number of alkyl halides is 2. The summed E-state index contributed by atoms with van der Waals surface area (Å²) in [5.74, 6) is 0.00160. The number of nitrogens with zero attached hydrogens (tertiary/aromatic N) is 9. The van der Waals surface area contributed by atoms with E-state index in [1.807, 2.05) is 0 Å². The zero-order valence-corrected chi connectivity index (χ0v) is 31.9. The van der Waals surface area contributed by atoms with Crippen LogP contribution in [0.25, 0.3) is 22.3 Å². The first-order valence-electron chi connectivity index (χ1n) is 17.0. The lowest BCUT2D eigenvalue weighted by Gasteiger charge is -2.33. The smallest absolute Gasteiger partial charge is 0.325 e. The molecule has 2 N–H and O–H groups in total. The summed E-state index contributed by atoms with van der Waals surface area (Å²) in [4.78, 5) is 52.7. The summed E-state index contributed by atoms with van der Waals surface area (Å²) in [7, 11) is 0. The summed E-state index contributed by atoms with van der Waals surface area (Å²) in [5.41, 5.74) is 0.988. The van der Waals surface area contributed by atoms with Crippen LogP contribution in [0.2, 0.25) is 0 Å². The molecule has 9 heterocycles. The highest BCUT2D eigenvalue weighted by Gasteiger charge is 2.53. The molecule has 1 amide bonds. The molecule has 0 saturated carbocycles. The molecule has 25 heteroatoms. The molecule has 56 heavy (non-hydrogen) atoms. The van der Waals surface area contributed by atoms with E-state index in [0.29, 0.717) is 11.4 Å². The van der Waals surface area contributed by atoms with Crippen LogP contribution in [0.15, 0.2) is 67.8 Å². The van der Waals surface area contributed by atoms with Crippen molar-refractivity contribution >= 4 is 77.4 Å². The molecule has 1 aromatic carbocycles. The SMILES string of the molecule is O=C(c1ccccc1)N1C/C=C\CNc2ncnc3c2ncn3[C@@H]2O[C@@H]3COP(O)(=S)O[C@H]4[C@@H](F)[C@@H](O[C@@H]4COP(=O)([S-])O[C@H]3[C@H]2F)n2cnc3c1ncnc32. The summed E-state index contributed by atoms with van der Waals surface area (Å²) in [6.45, 7) is -10.0. The summed E-state index contributed by atoms with van der Waals surface area (Å²) in [6.07, 6.45) is -4.82. The van der Waals surface area contributed by atoms with Gasteiger partial charge >= 0.3 is 6.72 Å². The van der Waals surface area contributed by atoms with E-state index < -0.39 is 81.9 Å². The van der Waals surface area contributed by atoms with E-state index >= 15 is 8.78 Å². The van der Waals surface area contributed by atoms with Crippen LogP contribution in [0.4, 0.5) is 20.4 Å². The number of hydrogen-bond acceptors (Lipinski definition) is 17. The average molecular weight is 850 g/mol. The summed E-state index contributed by atoms with van der Waals surface area (Å²) < 4.78 is 83.5. The third-order valence-corrected chi connectivity index (χ3v) is 12.5. The fourth-order valence-electron chi connectivity index (χ4n) is 6.86. The molecule has 294 valence electrons. The fourth-order valence-corrected chi connectivity index (χ4v) is 9.72. The molecular weight excluding hydrogens is 820 g/mol. The monoisotopic (exact) mass is 849 g/mol. The first kappa shape index (κ1) is 37.7. The Kier molecular flexibility index (Phi) is 9.98. The van der Waals surface area contributed by atoms with Gasteiger partial charge < -0.3 is 45.5 Å². The van der Waals surface area contributed by atoms with Gasteiger partial charge in [-0.15, -0.1) is 0 Å². The maximum atomic E-state index is 16.6. The van der Waals surface area contributed by atoms with Gasteiger partial charge in [-0.05, 0) is 23.9 Å². The minimum atomic E-state index is -4.56. The van der Waals surface area contributed by atoms with Crippen LogP contribution >= 0.6 is 13.5 Å². The van der Waals surface area contributed by atoms with E-state index in [9.17, 15) is 14.3 Å². The lowest BCUT2D eigenvalue weighted by Crippen LogP contribution is -2.37. The van der Waals surface area contributed by atoms with Crippen LogP contribution in [-0.2, 0) is 56.2 Å². The number of rotatable bonds is 1. The van der Waals surface area contributed by atoms with E-state index in [1.165, 1.54) is 39.3 Å². The first-order chi connectivity index (χ1) is 27.0. The Balaban J connectivity index is 1.16. The van der Waals surface area contributed by atoms with Crippen LogP contribution < -0.4 is 10.2 Å². The van der Waals surface area contributed by atoms with Crippen molar-refractivity contribution in [2.45, 2.75) is 49.2 Å². The Morgan fingerprint density at radius 3 is 2.20 bits per heavy atom. The number of anilines is 2. The predicted molar refractivity (Wildman–Crippen MR) is 197 cm³/mol. The van der Waals surface area contributed by atoms with Crippen molar-refractivity contribution in [3.63, 3.8) is 0 Å². The van der Waals surface area contributed by atoms with Gasteiger partial charge in [0.15, 0.2) is 65.6 Å². The maximum absolute atomic E-state index is 16.6. The number of carbonyl (C=O) groups excluding carboxylic acids is 1. The van der Waals surface area contributed by atoms with Gasteiger partial charge in [-0.3, -0.25) is 27.9 Å². The highest BCUT2D eigenvalue weighted by molar-refractivity contribution is 8.32. The van der Waals surface area contributed by atoms with E-state index in [-0.39, 0.29) is 41.2 Å². The first-order valence-corrected chi connectivity index (χ1v) is 22.1. The predicted octanol–water partition coefficient (Wildman–Crippen LogP) is 3.45. The third-order valence-electron chi connectivity index (χ3n) is 9.45. The Morgan fingerprint density at radius 1 is 0.857 bits per heavy atom. The van der Waals surface area contributed by atoms with E-state index in [1.54, 1.807) is 42.5 Å². The Labute approximate surface area is 325 Å². The largest absolute Gasteiger partial charge is 0.660 e. The van der Waals surface area contributed by atoms with Gasteiger partial charge in [0.1, 0.15) is 37.1 Å². The minimum absolute atomic E-state index is 0.0206. The van der Waals surface area contributed by atoms with Crippen LogP contribution in [0.5, 0.6) is 0 Å². The van der Waals surface area contributed by atoms with E-state index in [4.69, 9.17) is 51.6 Å². The molecule has 5 aliphatic rings. The molecule has 14 bridgehead atoms. The number of aromatic nitrogens is 8. The second-order valence-electron chi connectivity index (χ2n) is 12.9. The van der Waals surface area contributed by atoms with Crippen molar-refractivity contribution in [1.29, 1.82) is 0 Å². The van der Waals surface area contributed by atoms with Crippen LogP contribution in [-0.4, -0.2) is 113 Å². The summed E-state index contributed by atoms with van der Waals surface area (Å²) in [5, 5.41) is 3.14. The molecule has 0 radical (unpaired) electrons. The molecule has 0 spiro atoms. The van der Waals surface area contributed by atoms with Gasteiger partial charge in [0.05, 0.1) is 25.9 Å². The van der Waals surface area contributed by atoms with E-state index in [0.717, 1.165) is 0 Å². The average Bonchev–Trinajstić information content (AvgIpc) is 3.95. The number of halogens is 2. The van der Waals surface area contributed by atoms with Crippen molar-refractivity contribution in [1.82, 2.24) is 39.0 Å². The van der Waals surface area contributed by atoms with Crippen LogP contribution in [0, 0.1) is 0 Å². The molecule has 10 rings (SSSR count). The number of fused-ring (bicyclic) bond motifs is 10. The second-order valence-corrected chi connectivity index (χ2v) is 18.4. The number of amides is 1. The lowest BCUT2D eigenvalue weighted by molar-refractivity contribution is -0.0564. The number of imidazole rings is 2. The number of benzene rings is 1. The normalized spacial score (nSPS) is 34.3. The molecule has 19 nitrogen and oxygen atoms in total. The van der Waals surface area contributed by atoms with E-state index in [2.05, 4.69) is 35.2 Å². The molecule has 0 aliphatic carbocycles. The zero-order valence-electron chi connectivity index (χ0n) is 28.5. The number of carbonyl (C=O) groups is 1. The Morgan fingerprint density at radius 2 is 1.48 bits per heavy atom. The lowest BCUT2D eigenvalue weighted by atomic mass is 10.1. The third kappa shape index (κ3) is 6.93.